The third kappa shape index (κ3) is 5.04. The van der Waals surface area contributed by atoms with Gasteiger partial charge in [-0.3, -0.25) is 0 Å². The summed E-state index contributed by atoms with van der Waals surface area (Å²) < 4.78 is 11.3. The molecule has 0 spiro atoms. The van der Waals surface area contributed by atoms with E-state index in [1.54, 1.807) is 0 Å². The average molecular weight is 277 g/mol. The molecule has 1 fully saturated rings. The van der Waals surface area contributed by atoms with Crippen LogP contribution in [0.4, 0.5) is 0 Å². The van der Waals surface area contributed by atoms with E-state index in [-0.39, 0.29) is 6.10 Å². The lowest BCUT2D eigenvalue weighted by Gasteiger charge is -2.25. The molecule has 1 N–H and O–H groups in total. The van der Waals surface area contributed by atoms with Crippen molar-refractivity contribution in [1.29, 1.82) is 0 Å². The van der Waals surface area contributed by atoms with Crippen molar-refractivity contribution in [3.63, 3.8) is 0 Å². The van der Waals surface area contributed by atoms with Gasteiger partial charge in [-0.05, 0) is 51.0 Å². The van der Waals surface area contributed by atoms with Crippen LogP contribution in [0.2, 0.25) is 0 Å². The first-order chi connectivity index (χ1) is 9.78. The number of hydrogen-bond donors (Lipinski definition) is 1. The van der Waals surface area contributed by atoms with E-state index in [0.29, 0.717) is 12.6 Å². The minimum atomic E-state index is 0.190. The molecular formula is C17H27NO2. The smallest absolute Gasteiger partial charge is 0.120 e. The second-order valence-corrected chi connectivity index (χ2v) is 5.58. The highest BCUT2D eigenvalue weighted by molar-refractivity contribution is 5.31. The first-order valence-corrected chi connectivity index (χ1v) is 7.91. The molecule has 0 aromatic heterocycles. The molecule has 0 radical (unpaired) electrons. The molecule has 0 aliphatic heterocycles. The maximum absolute atomic E-state index is 5.92. The van der Waals surface area contributed by atoms with Crippen LogP contribution >= 0.6 is 0 Å². The van der Waals surface area contributed by atoms with Crippen LogP contribution < -0.4 is 14.8 Å². The van der Waals surface area contributed by atoms with Gasteiger partial charge in [0.2, 0.25) is 0 Å². The fourth-order valence-electron chi connectivity index (χ4n) is 2.69. The van der Waals surface area contributed by atoms with E-state index in [9.17, 15) is 0 Å². The summed E-state index contributed by atoms with van der Waals surface area (Å²) in [5.41, 5.74) is 0. The summed E-state index contributed by atoms with van der Waals surface area (Å²) in [6.07, 6.45) is 6.95. The van der Waals surface area contributed by atoms with Gasteiger partial charge in [-0.15, -0.1) is 0 Å². The minimum absolute atomic E-state index is 0.190. The van der Waals surface area contributed by atoms with Crippen LogP contribution in [-0.4, -0.2) is 25.3 Å². The molecule has 112 valence electrons. The molecule has 1 saturated carbocycles. The quantitative estimate of drug-likeness (QED) is 0.823. The van der Waals surface area contributed by atoms with Gasteiger partial charge in [0.1, 0.15) is 17.6 Å². The van der Waals surface area contributed by atoms with E-state index in [2.05, 4.69) is 12.2 Å². The molecule has 3 nitrogen and oxygen atoms in total. The lowest BCUT2D eigenvalue weighted by Crippen LogP contribution is -2.37. The molecule has 3 heteroatoms. The van der Waals surface area contributed by atoms with Crippen molar-refractivity contribution < 1.29 is 9.47 Å². The Morgan fingerprint density at radius 2 is 1.75 bits per heavy atom. The number of hydrogen-bond acceptors (Lipinski definition) is 3. The highest BCUT2D eigenvalue weighted by Gasteiger charge is 2.14. The standard InChI is InChI=1S/C17H27NO2/c1-3-19-16-9-11-17(12-10-16)20-14(2)13-18-15-7-5-4-6-8-15/h9-12,14-15,18H,3-8,13H2,1-2H3. The topological polar surface area (TPSA) is 30.5 Å². The van der Waals surface area contributed by atoms with E-state index in [1.807, 2.05) is 31.2 Å². The Morgan fingerprint density at radius 3 is 2.40 bits per heavy atom. The second kappa shape index (κ2) is 8.15. The van der Waals surface area contributed by atoms with Crippen LogP contribution in [0, 0.1) is 0 Å². The SMILES string of the molecule is CCOc1ccc(OC(C)CNC2CCCCC2)cc1. The fourth-order valence-corrected chi connectivity index (χ4v) is 2.69. The average Bonchev–Trinajstić information content (AvgIpc) is 2.49. The van der Waals surface area contributed by atoms with Crippen molar-refractivity contribution in [1.82, 2.24) is 5.32 Å². The zero-order chi connectivity index (χ0) is 14.2. The summed E-state index contributed by atoms with van der Waals surface area (Å²) in [5.74, 6) is 1.80. The Bertz CT molecular complexity index is 371. The van der Waals surface area contributed by atoms with E-state index in [0.717, 1.165) is 18.0 Å². The Hall–Kier alpha value is -1.22. The summed E-state index contributed by atoms with van der Waals surface area (Å²) in [5, 5.41) is 3.62. The monoisotopic (exact) mass is 277 g/mol. The third-order valence-electron chi connectivity index (χ3n) is 3.77. The Balaban J connectivity index is 1.71. The molecule has 1 aliphatic rings. The summed E-state index contributed by atoms with van der Waals surface area (Å²) in [7, 11) is 0. The number of nitrogens with one attached hydrogen (secondary N) is 1. The summed E-state index contributed by atoms with van der Waals surface area (Å²) in [6.45, 7) is 5.72. The van der Waals surface area contributed by atoms with Crippen molar-refractivity contribution in [2.45, 2.75) is 58.1 Å². The van der Waals surface area contributed by atoms with Crippen LogP contribution in [0.15, 0.2) is 24.3 Å². The Kier molecular flexibility index (Phi) is 6.19. The Labute approximate surface area is 122 Å². The van der Waals surface area contributed by atoms with Crippen molar-refractivity contribution in [2.24, 2.45) is 0 Å². The molecule has 0 heterocycles. The van der Waals surface area contributed by atoms with Gasteiger partial charge in [0.25, 0.3) is 0 Å². The van der Waals surface area contributed by atoms with Gasteiger partial charge < -0.3 is 14.8 Å². The predicted molar refractivity (Wildman–Crippen MR) is 82.6 cm³/mol. The van der Waals surface area contributed by atoms with Crippen LogP contribution in [0.1, 0.15) is 46.0 Å². The second-order valence-electron chi connectivity index (χ2n) is 5.58. The van der Waals surface area contributed by atoms with Crippen LogP contribution in [-0.2, 0) is 0 Å². The highest BCUT2D eigenvalue weighted by Crippen LogP contribution is 2.19. The zero-order valence-electron chi connectivity index (χ0n) is 12.7. The fraction of sp³-hybridized carbons (Fsp3) is 0.647. The molecule has 1 unspecified atom stereocenters. The number of rotatable bonds is 7. The predicted octanol–water partition coefficient (Wildman–Crippen LogP) is 3.77. The van der Waals surface area contributed by atoms with E-state index in [1.165, 1.54) is 32.1 Å². The molecule has 1 aliphatic carbocycles. The maximum atomic E-state index is 5.92. The molecule has 0 saturated heterocycles. The highest BCUT2D eigenvalue weighted by atomic mass is 16.5. The molecule has 1 aromatic rings. The van der Waals surface area contributed by atoms with E-state index >= 15 is 0 Å². The maximum Gasteiger partial charge on any atom is 0.120 e. The lowest BCUT2D eigenvalue weighted by atomic mass is 9.95. The third-order valence-corrected chi connectivity index (χ3v) is 3.77. The van der Waals surface area contributed by atoms with Gasteiger partial charge in [0.15, 0.2) is 0 Å². The van der Waals surface area contributed by atoms with Gasteiger partial charge >= 0.3 is 0 Å². The number of benzene rings is 1. The van der Waals surface area contributed by atoms with Crippen molar-refractivity contribution >= 4 is 0 Å². The van der Waals surface area contributed by atoms with Gasteiger partial charge in [-0.1, -0.05) is 19.3 Å². The van der Waals surface area contributed by atoms with Crippen molar-refractivity contribution in [3.05, 3.63) is 24.3 Å². The first-order valence-electron chi connectivity index (χ1n) is 7.91. The van der Waals surface area contributed by atoms with Crippen molar-refractivity contribution in [3.8, 4) is 11.5 Å². The summed E-state index contributed by atoms with van der Waals surface area (Å²) >= 11 is 0. The van der Waals surface area contributed by atoms with Gasteiger partial charge in [0.05, 0.1) is 6.61 Å². The normalized spacial score (nSPS) is 17.7. The van der Waals surface area contributed by atoms with Crippen LogP contribution in [0.25, 0.3) is 0 Å². The largest absolute Gasteiger partial charge is 0.494 e. The molecule has 2 rings (SSSR count). The lowest BCUT2D eigenvalue weighted by molar-refractivity contribution is 0.205. The van der Waals surface area contributed by atoms with Gasteiger partial charge in [-0.2, -0.15) is 0 Å². The Morgan fingerprint density at radius 1 is 1.10 bits per heavy atom. The van der Waals surface area contributed by atoms with Gasteiger partial charge in [-0.25, -0.2) is 0 Å². The molecule has 0 bridgehead atoms. The van der Waals surface area contributed by atoms with E-state index < -0.39 is 0 Å². The molecular weight excluding hydrogens is 250 g/mol. The zero-order valence-corrected chi connectivity index (χ0v) is 12.7. The molecule has 1 aromatic carbocycles. The number of ether oxygens (including phenoxy) is 2. The van der Waals surface area contributed by atoms with E-state index in [4.69, 9.17) is 9.47 Å². The first kappa shape index (κ1) is 15.2. The summed E-state index contributed by atoms with van der Waals surface area (Å²) in [6, 6.07) is 8.56. The molecule has 0 amide bonds. The van der Waals surface area contributed by atoms with Crippen molar-refractivity contribution in [2.75, 3.05) is 13.2 Å². The minimum Gasteiger partial charge on any atom is -0.494 e. The van der Waals surface area contributed by atoms with Crippen LogP contribution in [0.3, 0.4) is 0 Å². The summed E-state index contributed by atoms with van der Waals surface area (Å²) in [4.78, 5) is 0. The van der Waals surface area contributed by atoms with Gasteiger partial charge in [0, 0.05) is 12.6 Å². The van der Waals surface area contributed by atoms with Crippen LogP contribution in [0.5, 0.6) is 11.5 Å². The molecule has 1 atom stereocenters. The molecule has 20 heavy (non-hydrogen) atoms.